The summed E-state index contributed by atoms with van der Waals surface area (Å²) in [6.45, 7) is 1.58. The Labute approximate surface area is 144 Å². The molecule has 0 bridgehead atoms. The second kappa shape index (κ2) is 6.54. The van der Waals surface area contributed by atoms with Gasteiger partial charge in [0.2, 0.25) is 0 Å². The summed E-state index contributed by atoms with van der Waals surface area (Å²) in [6.07, 6.45) is 1.40. The van der Waals surface area contributed by atoms with Crippen LogP contribution < -0.4 is 0 Å². The van der Waals surface area contributed by atoms with Crippen molar-refractivity contribution >= 4 is 45.0 Å². The number of benzene rings is 1. The van der Waals surface area contributed by atoms with Crippen LogP contribution in [-0.4, -0.2) is 31.2 Å². The van der Waals surface area contributed by atoms with E-state index in [0.29, 0.717) is 15.4 Å². The highest BCUT2D eigenvalue weighted by Gasteiger charge is 2.19. The SMILES string of the molecule is CC(Sc1ncnc2scc(-c3cccc([N+](=O)[O-])c3)c12)C(=O)O. The van der Waals surface area contributed by atoms with Gasteiger partial charge in [-0.05, 0) is 12.5 Å². The highest BCUT2D eigenvalue weighted by atomic mass is 32.2. The Morgan fingerprint density at radius 3 is 2.92 bits per heavy atom. The maximum absolute atomic E-state index is 11.1. The minimum Gasteiger partial charge on any atom is -0.480 e. The van der Waals surface area contributed by atoms with Crippen LogP contribution in [-0.2, 0) is 4.79 Å². The predicted octanol–water partition coefficient (Wildman–Crippen LogP) is 3.83. The number of carbonyl (C=O) groups is 1. The van der Waals surface area contributed by atoms with Crippen molar-refractivity contribution < 1.29 is 14.8 Å². The number of hydrogen-bond acceptors (Lipinski definition) is 7. The van der Waals surface area contributed by atoms with Gasteiger partial charge in [-0.3, -0.25) is 14.9 Å². The number of carboxylic acids is 1. The van der Waals surface area contributed by atoms with Gasteiger partial charge in [-0.25, -0.2) is 9.97 Å². The lowest BCUT2D eigenvalue weighted by molar-refractivity contribution is -0.384. The summed E-state index contributed by atoms with van der Waals surface area (Å²) in [4.78, 5) is 30.8. The summed E-state index contributed by atoms with van der Waals surface area (Å²) in [6, 6.07) is 6.31. The molecule has 0 aliphatic rings. The van der Waals surface area contributed by atoms with E-state index in [4.69, 9.17) is 5.11 Å². The van der Waals surface area contributed by atoms with Crippen LogP contribution in [0, 0.1) is 10.1 Å². The number of nitrogens with zero attached hydrogens (tertiary/aromatic N) is 3. The van der Waals surface area contributed by atoms with Gasteiger partial charge in [-0.2, -0.15) is 0 Å². The van der Waals surface area contributed by atoms with Crippen LogP contribution >= 0.6 is 23.1 Å². The fourth-order valence-electron chi connectivity index (χ4n) is 2.15. The highest BCUT2D eigenvalue weighted by molar-refractivity contribution is 8.00. The molecule has 0 aliphatic carbocycles. The number of aliphatic carboxylic acids is 1. The molecule has 24 heavy (non-hydrogen) atoms. The normalized spacial score (nSPS) is 12.2. The van der Waals surface area contributed by atoms with E-state index in [1.54, 1.807) is 19.1 Å². The molecule has 0 radical (unpaired) electrons. The van der Waals surface area contributed by atoms with Crippen LogP contribution in [0.2, 0.25) is 0 Å². The number of nitro benzene ring substituents is 1. The first-order valence-electron chi connectivity index (χ1n) is 6.84. The zero-order chi connectivity index (χ0) is 17.3. The molecule has 7 nitrogen and oxygen atoms in total. The number of thiophene rings is 1. The van der Waals surface area contributed by atoms with E-state index in [-0.39, 0.29) is 5.69 Å². The lowest BCUT2D eigenvalue weighted by Crippen LogP contribution is -2.11. The Morgan fingerprint density at radius 2 is 2.21 bits per heavy atom. The van der Waals surface area contributed by atoms with E-state index in [2.05, 4.69) is 9.97 Å². The largest absolute Gasteiger partial charge is 0.480 e. The third-order valence-corrected chi connectivity index (χ3v) is 5.31. The Morgan fingerprint density at radius 1 is 1.42 bits per heavy atom. The van der Waals surface area contributed by atoms with Crippen LogP contribution in [0.4, 0.5) is 5.69 Å². The molecule has 3 aromatic rings. The molecular weight excluding hydrogens is 350 g/mol. The molecule has 3 rings (SSSR count). The molecule has 0 aliphatic heterocycles. The summed E-state index contributed by atoms with van der Waals surface area (Å²) in [5.41, 5.74) is 1.44. The lowest BCUT2D eigenvalue weighted by atomic mass is 10.1. The third-order valence-electron chi connectivity index (χ3n) is 3.34. The molecule has 1 N–H and O–H groups in total. The topological polar surface area (TPSA) is 106 Å². The molecule has 1 atom stereocenters. The van der Waals surface area contributed by atoms with Crippen molar-refractivity contribution in [3.05, 3.63) is 46.1 Å². The zero-order valence-electron chi connectivity index (χ0n) is 12.4. The molecular formula is C15H11N3O4S2. The summed E-state index contributed by atoms with van der Waals surface area (Å²) < 4.78 is 0. The molecule has 0 fully saturated rings. The van der Waals surface area contributed by atoms with Gasteiger partial charge in [0.05, 0.1) is 10.3 Å². The number of rotatable bonds is 5. The quantitative estimate of drug-likeness (QED) is 0.318. The van der Waals surface area contributed by atoms with Gasteiger partial charge in [0.25, 0.3) is 5.69 Å². The first-order chi connectivity index (χ1) is 11.5. The van der Waals surface area contributed by atoms with Crippen LogP contribution in [0.1, 0.15) is 6.92 Å². The second-order valence-electron chi connectivity index (χ2n) is 4.91. The summed E-state index contributed by atoms with van der Waals surface area (Å²) in [5, 5.41) is 22.6. The average molecular weight is 361 g/mol. The first kappa shape index (κ1) is 16.3. The zero-order valence-corrected chi connectivity index (χ0v) is 14.0. The van der Waals surface area contributed by atoms with Gasteiger partial charge in [-0.1, -0.05) is 23.9 Å². The van der Waals surface area contributed by atoms with Crippen molar-refractivity contribution in [1.29, 1.82) is 0 Å². The van der Waals surface area contributed by atoms with Crippen LogP contribution in [0.5, 0.6) is 0 Å². The van der Waals surface area contributed by atoms with E-state index < -0.39 is 16.1 Å². The standard InChI is InChI=1S/C15H11N3O4S2/c1-8(15(19)20)24-14-12-11(6-23-13(12)16-7-17-14)9-3-2-4-10(5-9)18(21)22/h2-8H,1H3,(H,19,20). The van der Waals surface area contributed by atoms with Crippen molar-refractivity contribution in [2.24, 2.45) is 0 Å². The molecule has 9 heteroatoms. The Balaban J connectivity index is 2.14. The molecule has 0 saturated carbocycles. The van der Waals surface area contributed by atoms with Gasteiger partial charge < -0.3 is 5.11 Å². The van der Waals surface area contributed by atoms with Gasteiger partial charge >= 0.3 is 5.97 Å². The minimum atomic E-state index is -0.932. The van der Waals surface area contributed by atoms with Crippen molar-refractivity contribution in [3.8, 4) is 11.1 Å². The summed E-state index contributed by atoms with van der Waals surface area (Å²) >= 11 is 2.52. The number of hydrogen-bond donors (Lipinski definition) is 1. The summed E-state index contributed by atoms with van der Waals surface area (Å²) in [7, 11) is 0. The molecule has 2 heterocycles. The Kier molecular flexibility index (Phi) is 4.45. The average Bonchev–Trinajstić information content (AvgIpc) is 3.00. The van der Waals surface area contributed by atoms with E-state index in [0.717, 1.165) is 22.7 Å². The van der Waals surface area contributed by atoms with Crippen molar-refractivity contribution in [2.45, 2.75) is 17.2 Å². The number of non-ortho nitro benzene ring substituents is 1. The molecule has 1 aromatic carbocycles. The molecule has 122 valence electrons. The maximum Gasteiger partial charge on any atom is 0.316 e. The number of aromatic nitrogens is 2. The minimum absolute atomic E-state index is 0.00296. The first-order valence-corrected chi connectivity index (χ1v) is 8.60. The van der Waals surface area contributed by atoms with E-state index in [9.17, 15) is 14.9 Å². The van der Waals surface area contributed by atoms with Gasteiger partial charge in [0, 0.05) is 23.1 Å². The van der Waals surface area contributed by atoms with E-state index in [1.807, 2.05) is 5.38 Å². The number of nitro groups is 1. The van der Waals surface area contributed by atoms with Gasteiger partial charge in [0.15, 0.2) is 0 Å². The van der Waals surface area contributed by atoms with Crippen LogP contribution in [0.15, 0.2) is 41.0 Å². The molecule has 0 saturated heterocycles. The number of thioether (sulfide) groups is 1. The van der Waals surface area contributed by atoms with Crippen molar-refractivity contribution in [1.82, 2.24) is 9.97 Å². The second-order valence-corrected chi connectivity index (χ2v) is 7.10. The van der Waals surface area contributed by atoms with Crippen LogP contribution in [0.25, 0.3) is 21.3 Å². The van der Waals surface area contributed by atoms with E-state index >= 15 is 0 Å². The Bertz CT molecular complexity index is 941. The van der Waals surface area contributed by atoms with Crippen LogP contribution in [0.3, 0.4) is 0 Å². The third kappa shape index (κ3) is 3.08. The molecule has 0 spiro atoms. The lowest BCUT2D eigenvalue weighted by Gasteiger charge is -2.08. The number of carboxylic acid groups (broad SMARTS) is 1. The molecule has 0 amide bonds. The van der Waals surface area contributed by atoms with Crippen molar-refractivity contribution in [3.63, 3.8) is 0 Å². The predicted molar refractivity (Wildman–Crippen MR) is 92.5 cm³/mol. The fourth-order valence-corrected chi connectivity index (χ4v) is 4.00. The maximum atomic E-state index is 11.1. The summed E-state index contributed by atoms with van der Waals surface area (Å²) in [5.74, 6) is -0.932. The Hall–Kier alpha value is -2.52. The monoisotopic (exact) mass is 361 g/mol. The highest BCUT2D eigenvalue weighted by Crippen LogP contribution is 2.39. The number of fused-ring (bicyclic) bond motifs is 1. The molecule has 2 aromatic heterocycles. The van der Waals surface area contributed by atoms with Gasteiger partial charge in [0.1, 0.15) is 21.4 Å². The fraction of sp³-hybridized carbons (Fsp3) is 0.133. The molecule has 1 unspecified atom stereocenters. The smallest absolute Gasteiger partial charge is 0.316 e. The van der Waals surface area contributed by atoms with Gasteiger partial charge in [-0.15, -0.1) is 11.3 Å². The van der Waals surface area contributed by atoms with Crippen molar-refractivity contribution in [2.75, 3.05) is 0 Å². The van der Waals surface area contributed by atoms with E-state index in [1.165, 1.54) is 29.8 Å².